The smallest absolute Gasteiger partial charge is 0.306 e. The van der Waals surface area contributed by atoms with Gasteiger partial charge in [-0.1, -0.05) is 23.7 Å². The summed E-state index contributed by atoms with van der Waals surface area (Å²) in [5.41, 5.74) is 1.51. The molecule has 2 aromatic rings. The molecule has 0 fully saturated rings. The third-order valence-corrected chi connectivity index (χ3v) is 4.40. The minimum atomic E-state index is -0.401. The monoisotopic (exact) mass is 351 g/mol. The molecular weight excluding hydrogens is 334 g/mol. The van der Waals surface area contributed by atoms with Crippen molar-refractivity contribution in [3.8, 4) is 0 Å². The van der Waals surface area contributed by atoms with Crippen molar-refractivity contribution in [3.05, 3.63) is 51.2 Å². The number of ether oxygens (including phenoxy) is 1. The van der Waals surface area contributed by atoms with Gasteiger partial charge >= 0.3 is 5.97 Å². The Morgan fingerprint density at radius 1 is 1.30 bits per heavy atom. The molecule has 0 radical (unpaired) electrons. The molecule has 0 bridgehead atoms. The van der Waals surface area contributed by atoms with Crippen molar-refractivity contribution in [1.29, 1.82) is 0 Å². The van der Waals surface area contributed by atoms with E-state index in [0.717, 1.165) is 12.0 Å². The van der Waals surface area contributed by atoms with Gasteiger partial charge in [0.15, 0.2) is 6.61 Å². The van der Waals surface area contributed by atoms with E-state index in [4.69, 9.17) is 16.3 Å². The normalized spacial score (nSPS) is 10.3. The number of amides is 1. The molecule has 2 rings (SSSR count). The van der Waals surface area contributed by atoms with Gasteiger partial charge in [-0.2, -0.15) is 0 Å². The lowest BCUT2D eigenvalue weighted by Crippen LogP contribution is -2.21. The molecule has 0 aliphatic carbocycles. The summed E-state index contributed by atoms with van der Waals surface area (Å²) < 4.78 is 4.97. The minimum Gasteiger partial charge on any atom is -0.456 e. The van der Waals surface area contributed by atoms with Crippen LogP contribution in [0.1, 0.15) is 23.3 Å². The highest BCUT2D eigenvalue weighted by Crippen LogP contribution is 2.22. The summed E-state index contributed by atoms with van der Waals surface area (Å²) in [6, 6.07) is 9.35. The van der Waals surface area contributed by atoms with Gasteiger partial charge in [0.25, 0.3) is 5.91 Å². The van der Waals surface area contributed by atoms with Crippen molar-refractivity contribution in [2.75, 3.05) is 11.9 Å². The van der Waals surface area contributed by atoms with Crippen molar-refractivity contribution in [2.45, 2.75) is 26.2 Å². The third kappa shape index (κ3) is 6.04. The molecule has 1 heterocycles. The molecule has 23 heavy (non-hydrogen) atoms. The Bertz CT molecular complexity index is 670. The van der Waals surface area contributed by atoms with Crippen molar-refractivity contribution in [2.24, 2.45) is 0 Å². The fourth-order valence-corrected chi connectivity index (χ4v) is 3.02. The van der Waals surface area contributed by atoms with Gasteiger partial charge in [-0.25, -0.2) is 0 Å². The fraction of sp³-hybridized carbons (Fsp3) is 0.294. The maximum absolute atomic E-state index is 11.8. The summed E-state index contributed by atoms with van der Waals surface area (Å²) in [5.74, 6) is -0.769. The summed E-state index contributed by atoms with van der Waals surface area (Å²) >= 11 is 7.70. The van der Waals surface area contributed by atoms with Gasteiger partial charge in [0.1, 0.15) is 0 Å². The van der Waals surface area contributed by atoms with E-state index in [-0.39, 0.29) is 12.6 Å². The number of nitrogens with one attached hydrogen (secondary N) is 1. The van der Waals surface area contributed by atoms with E-state index in [1.807, 2.05) is 30.5 Å². The molecule has 6 heteroatoms. The predicted molar refractivity (Wildman–Crippen MR) is 93.0 cm³/mol. The second kappa shape index (κ2) is 8.70. The molecule has 1 N–H and O–H groups in total. The Morgan fingerprint density at radius 3 is 2.83 bits per heavy atom. The van der Waals surface area contributed by atoms with Gasteiger partial charge in [-0.05, 0) is 48.9 Å². The lowest BCUT2D eigenvalue weighted by atomic mass is 10.2. The van der Waals surface area contributed by atoms with Crippen LogP contribution in [-0.2, 0) is 20.7 Å². The van der Waals surface area contributed by atoms with Gasteiger partial charge < -0.3 is 10.1 Å². The zero-order valence-electron chi connectivity index (χ0n) is 12.8. The molecule has 0 aliphatic heterocycles. The van der Waals surface area contributed by atoms with E-state index in [2.05, 4.69) is 5.32 Å². The van der Waals surface area contributed by atoms with E-state index in [1.165, 1.54) is 4.88 Å². The number of thiophene rings is 1. The molecule has 122 valence electrons. The Kier molecular flexibility index (Phi) is 6.62. The zero-order chi connectivity index (χ0) is 16.7. The molecule has 0 saturated carbocycles. The molecule has 0 spiro atoms. The lowest BCUT2D eigenvalue weighted by molar-refractivity contribution is -0.147. The number of benzene rings is 1. The summed E-state index contributed by atoms with van der Waals surface area (Å²) in [7, 11) is 0. The summed E-state index contributed by atoms with van der Waals surface area (Å²) in [5, 5.41) is 5.09. The second-order valence-corrected chi connectivity index (χ2v) is 6.56. The Morgan fingerprint density at radius 2 is 2.13 bits per heavy atom. The predicted octanol–water partition coefficient (Wildman–Crippen LogP) is 4.21. The van der Waals surface area contributed by atoms with Crippen LogP contribution >= 0.6 is 22.9 Å². The largest absolute Gasteiger partial charge is 0.456 e. The van der Waals surface area contributed by atoms with Gasteiger partial charge in [0.2, 0.25) is 0 Å². The SMILES string of the molecule is Cc1ccc(NC(=O)COC(=O)CCCc2cccs2)c(Cl)c1. The Labute approximate surface area is 144 Å². The van der Waals surface area contributed by atoms with Crippen LogP contribution in [0.4, 0.5) is 5.69 Å². The first-order valence-corrected chi connectivity index (χ1v) is 8.54. The number of carbonyl (C=O) groups excluding carboxylic acids is 2. The highest BCUT2D eigenvalue weighted by atomic mass is 35.5. The van der Waals surface area contributed by atoms with E-state index >= 15 is 0 Å². The van der Waals surface area contributed by atoms with Crippen molar-refractivity contribution < 1.29 is 14.3 Å². The van der Waals surface area contributed by atoms with Crippen LogP contribution in [0.5, 0.6) is 0 Å². The first-order chi connectivity index (χ1) is 11.0. The molecule has 0 aliphatic rings. The molecule has 1 amide bonds. The average molecular weight is 352 g/mol. The maximum atomic E-state index is 11.8. The third-order valence-electron chi connectivity index (χ3n) is 3.15. The van der Waals surface area contributed by atoms with E-state index in [1.54, 1.807) is 23.5 Å². The first kappa shape index (κ1) is 17.5. The van der Waals surface area contributed by atoms with Gasteiger partial charge in [-0.3, -0.25) is 9.59 Å². The fourth-order valence-electron chi connectivity index (χ4n) is 1.99. The Balaban J connectivity index is 1.68. The van der Waals surface area contributed by atoms with Gasteiger partial charge in [0.05, 0.1) is 10.7 Å². The summed E-state index contributed by atoms with van der Waals surface area (Å²) in [6.07, 6.45) is 1.86. The molecule has 4 nitrogen and oxygen atoms in total. The number of hydrogen-bond donors (Lipinski definition) is 1. The number of esters is 1. The van der Waals surface area contributed by atoms with Crippen LogP contribution in [0.15, 0.2) is 35.7 Å². The van der Waals surface area contributed by atoms with Crippen molar-refractivity contribution in [1.82, 2.24) is 0 Å². The van der Waals surface area contributed by atoms with Crippen LogP contribution in [0.2, 0.25) is 5.02 Å². The Hall–Kier alpha value is -1.85. The number of rotatable bonds is 7. The number of anilines is 1. The molecule has 0 atom stereocenters. The minimum absolute atomic E-state index is 0.302. The lowest BCUT2D eigenvalue weighted by Gasteiger charge is -2.08. The van der Waals surface area contributed by atoms with Gasteiger partial charge in [-0.15, -0.1) is 11.3 Å². The van der Waals surface area contributed by atoms with Crippen LogP contribution in [0, 0.1) is 6.92 Å². The van der Waals surface area contributed by atoms with E-state index in [0.29, 0.717) is 23.6 Å². The van der Waals surface area contributed by atoms with Crippen molar-refractivity contribution >= 4 is 40.5 Å². The highest BCUT2D eigenvalue weighted by molar-refractivity contribution is 7.09. The van der Waals surface area contributed by atoms with Crippen LogP contribution in [0.3, 0.4) is 0 Å². The maximum Gasteiger partial charge on any atom is 0.306 e. The van der Waals surface area contributed by atoms with Gasteiger partial charge in [0, 0.05) is 11.3 Å². The topological polar surface area (TPSA) is 55.4 Å². The second-order valence-electron chi connectivity index (χ2n) is 5.13. The quantitative estimate of drug-likeness (QED) is 0.760. The molecule has 0 unspecified atom stereocenters. The highest BCUT2D eigenvalue weighted by Gasteiger charge is 2.10. The van der Waals surface area contributed by atoms with Crippen molar-refractivity contribution in [3.63, 3.8) is 0 Å². The van der Waals surface area contributed by atoms with Crippen LogP contribution < -0.4 is 5.32 Å². The number of aryl methyl sites for hydroxylation is 2. The number of carbonyl (C=O) groups is 2. The number of hydrogen-bond acceptors (Lipinski definition) is 4. The van der Waals surface area contributed by atoms with E-state index < -0.39 is 5.91 Å². The summed E-state index contributed by atoms with van der Waals surface area (Å²) in [6.45, 7) is 1.61. The van der Waals surface area contributed by atoms with Crippen LogP contribution in [-0.4, -0.2) is 18.5 Å². The zero-order valence-corrected chi connectivity index (χ0v) is 14.4. The molecular formula is C17H18ClNO3S. The van der Waals surface area contributed by atoms with Crippen LogP contribution in [0.25, 0.3) is 0 Å². The molecule has 0 saturated heterocycles. The molecule has 1 aromatic heterocycles. The summed E-state index contributed by atoms with van der Waals surface area (Å²) in [4.78, 5) is 24.6. The molecule has 1 aromatic carbocycles. The first-order valence-electron chi connectivity index (χ1n) is 7.28. The number of halogens is 1. The average Bonchev–Trinajstić information content (AvgIpc) is 3.01. The van der Waals surface area contributed by atoms with E-state index in [9.17, 15) is 9.59 Å². The standard InChI is InChI=1S/C17H18ClNO3S/c1-12-7-8-15(14(18)10-12)19-16(20)11-22-17(21)6-2-4-13-5-3-9-23-13/h3,5,7-10H,2,4,6,11H2,1H3,(H,19,20).